The summed E-state index contributed by atoms with van der Waals surface area (Å²) in [5, 5.41) is 7.67. The van der Waals surface area contributed by atoms with Gasteiger partial charge in [0.05, 0.1) is 22.3 Å². The summed E-state index contributed by atoms with van der Waals surface area (Å²) in [6.45, 7) is 10.8. The highest BCUT2D eigenvalue weighted by molar-refractivity contribution is 6.13. The van der Waals surface area contributed by atoms with Gasteiger partial charge in [-0.3, -0.25) is 9.69 Å². The molecule has 1 fully saturated rings. The Morgan fingerprint density at radius 1 is 1.06 bits per heavy atom. The van der Waals surface area contributed by atoms with E-state index in [1.807, 2.05) is 39.0 Å². The normalized spacial score (nSPS) is 15.2. The molecule has 1 amide bonds. The zero-order chi connectivity index (χ0) is 23.8. The highest BCUT2D eigenvalue weighted by Gasteiger charge is 2.21. The standard InChI is InChI=1S/C26H29N5O3/c1-16-13-21(18(3)33-16)23-14-22(24-17(2)29-34-26(24)28-23)25(32)27-20-7-5-19(6-8-20)15-31-11-9-30(4)10-12-31/h5-8,13-14H,9-12,15H2,1-4H3,(H,27,32). The van der Waals surface area contributed by atoms with Crippen LogP contribution < -0.4 is 5.32 Å². The fourth-order valence-corrected chi connectivity index (χ4v) is 4.45. The van der Waals surface area contributed by atoms with Crippen LogP contribution in [0.15, 0.2) is 45.3 Å². The largest absolute Gasteiger partial charge is 0.466 e. The number of aryl methyl sites for hydroxylation is 3. The van der Waals surface area contributed by atoms with Crippen molar-refractivity contribution in [3.05, 3.63) is 64.7 Å². The maximum Gasteiger partial charge on any atom is 0.259 e. The summed E-state index contributed by atoms with van der Waals surface area (Å²) in [5.74, 6) is 1.29. The van der Waals surface area contributed by atoms with E-state index in [1.165, 1.54) is 5.56 Å². The van der Waals surface area contributed by atoms with Gasteiger partial charge in [-0.05, 0) is 57.6 Å². The van der Waals surface area contributed by atoms with Crippen LogP contribution in [0.5, 0.6) is 0 Å². The van der Waals surface area contributed by atoms with E-state index in [2.05, 4.69) is 44.4 Å². The Morgan fingerprint density at radius 3 is 2.47 bits per heavy atom. The Hall–Kier alpha value is -3.49. The molecule has 4 heterocycles. The number of hydrogen-bond donors (Lipinski definition) is 1. The molecule has 1 saturated heterocycles. The number of nitrogens with one attached hydrogen (secondary N) is 1. The third-order valence-corrected chi connectivity index (χ3v) is 6.39. The minimum absolute atomic E-state index is 0.232. The van der Waals surface area contributed by atoms with Crippen LogP contribution in [-0.2, 0) is 6.54 Å². The first-order chi connectivity index (χ1) is 16.4. The molecule has 8 nitrogen and oxygen atoms in total. The average Bonchev–Trinajstić information content (AvgIpc) is 3.37. The third-order valence-electron chi connectivity index (χ3n) is 6.39. The van der Waals surface area contributed by atoms with Gasteiger partial charge in [0, 0.05) is 44.0 Å². The number of furan rings is 1. The molecule has 0 spiro atoms. The first-order valence-electron chi connectivity index (χ1n) is 11.5. The molecule has 3 aromatic heterocycles. The van der Waals surface area contributed by atoms with Crippen molar-refractivity contribution in [2.75, 3.05) is 38.5 Å². The fourth-order valence-electron chi connectivity index (χ4n) is 4.45. The third kappa shape index (κ3) is 4.47. The summed E-state index contributed by atoms with van der Waals surface area (Å²) in [4.78, 5) is 22.7. The minimum atomic E-state index is -0.232. The van der Waals surface area contributed by atoms with E-state index >= 15 is 0 Å². The Morgan fingerprint density at radius 2 is 1.79 bits per heavy atom. The van der Waals surface area contributed by atoms with Gasteiger partial charge in [0.2, 0.25) is 0 Å². The molecule has 0 unspecified atom stereocenters. The number of benzene rings is 1. The van der Waals surface area contributed by atoms with Gasteiger partial charge in [0.1, 0.15) is 11.5 Å². The van der Waals surface area contributed by atoms with Crippen molar-refractivity contribution in [2.24, 2.45) is 0 Å². The lowest BCUT2D eigenvalue weighted by molar-refractivity contribution is 0.102. The SMILES string of the molecule is Cc1cc(-c2cc(C(=O)Nc3ccc(CN4CCN(C)CC4)cc3)c3c(C)noc3n2)c(C)o1. The van der Waals surface area contributed by atoms with Gasteiger partial charge >= 0.3 is 0 Å². The zero-order valence-corrected chi connectivity index (χ0v) is 20.0. The van der Waals surface area contributed by atoms with E-state index in [0.717, 1.165) is 55.5 Å². The molecule has 34 heavy (non-hydrogen) atoms. The van der Waals surface area contributed by atoms with Gasteiger partial charge < -0.3 is 19.2 Å². The Kier molecular flexibility index (Phi) is 5.93. The van der Waals surface area contributed by atoms with Crippen molar-refractivity contribution in [2.45, 2.75) is 27.3 Å². The minimum Gasteiger partial charge on any atom is -0.466 e. The predicted molar refractivity (Wildman–Crippen MR) is 131 cm³/mol. The second kappa shape index (κ2) is 9.04. The molecule has 0 saturated carbocycles. The van der Waals surface area contributed by atoms with Crippen molar-refractivity contribution in [3.8, 4) is 11.3 Å². The van der Waals surface area contributed by atoms with Gasteiger partial charge in [0.15, 0.2) is 0 Å². The second-order valence-electron chi connectivity index (χ2n) is 9.06. The number of rotatable bonds is 5. The van der Waals surface area contributed by atoms with Crippen LogP contribution in [0.2, 0.25) is 0 Å². The molecule has 0 aliphatic carbocycles. The van der Waals surface area contributed by atoms with Crippen LogP contribution >= 0.6 is 0 Å². The number of anilines is 1. The number of fused-ring (bicyclic) bond motifs is 1. The fraction of sp³-hybridized carbons (Fsp3) is 0.346. The van der Waals surface area contributed by atoms with Crippen molar-refractivity contribution < 1.29 is 13.7 Å². The van der Waals surface area contributed by atoms with Gasteiger partial charge in [-0.25, -0.2) is 4.98 Å². The summed E-state index contributed by atoms with van der Waals surface area (Å²) >= 11 is 0. The Bertz CT molecular complexity index is 1330. The van der Waals surface area contributed by atoms with Crippen molar-refractivity contribution >= 4 is 22.7 Å². The second-order valence-corrected chi connectivity index (χ2v) is 9.06. The Balaban J connectivity index is 1.38. The average molecular weight is 460 g/mol. The van der Waals surface area contributed by atoms with Gasteiger partial charge in [0.25, 0.3) is 11.6 Å². The predicted octanol–water partition coefficient (Wildman–Crippen LogP) is 4.41. The first kappa shape index (κ1) is 22.3. The number of likely N-dealkylation sites (N-methyl/N-ethyl adjacent to an activating group) is 1. The number of pyridine rings is 1. The topological polar surface area (TPSA) is 87.6 Å². The summed E-state index contributed by atoms with van der Waals surface area (Å²) in [5.41, 5.74) is 4.85. The van der Waals surface area contributed by atoms with Crippen molar-refractivity contribution in [1.82, 2.24) is 19.9 Å². The van der Waals surface area contributed by atoms with Crippen LogP contribution in [0, 0.1) is 20.8 Å². The van der Waals surface area contributed by atoms with E-state index in [0.29, 0.717) is 28.1 Å². The highest BCUT2D eigenvalue weighted by atomic mass is 16.5. The number of amides is 1. The van der Waals surface area contributed by atoms with Crippen LogP contribution in [0.4, 0.5) is 5.69 Å². The lowest BCUT2D eigenvalue weighted by Crippen LogP contribution is -2.43. The van der Waals surface area contributed by atoms with E-state index in [4.69, 9.17) is 8.94 Å². The summed E-state index contributed by atoms with van der Waals surface area (Å²) < 4.78 is 11.1. The molecule has 8 heteroatoms. The molecule has 5 rings (SSSR count). The maximum absolute atomic E-state index is 13.3. The Labute approximate surface area is 198 Å². The number of carbonyl (C=O) groups is 1. The molecular weight excluding hydrogens is 430 g/mol. The summed E-state index contributed by atoms with van der Waals surface area (Å²) in [6, 6.07) is 11.7. The molecule has 0 atom stereocenters. The van der Waals surface area contributed by atoms with Gasteiger partial charge in [-0.1, -0.05) is 17.3 Å². The molecular formula is C26H29N5O3. The van der Waals surface area contributed by atoms with E-state index < -0.39 is 0 Å². The highest BCUT2D eigenvalue weighted by Crippen LogP contribution is 2.31. The summed E-state index contributed by atoms with van der Waals surface area (Å²) in [6.07, 6.45) is 0. The molecule has 1 aromatic carbocycles. The van der Waals surface area contributed by atoms with E-state index in [1.54, 1.807) is 6.07 Å². The molecule has 1 aliphatic heterocycles. The van der Waals surface area contributed by atoms with Crippen LogP contribution in [-0.4, -0.2) is 59.1 Å². The first-order valence-corrected chi connectivity index (χ1v) is 11.5. The molecule has 1 N–H and O–H groups in total. The number of hydrogen-bond acceptors (Lipinski definition) is 7. The number of carbonyl (C=O) groups excluding carboxylic acids is 1. The van der Waals surface area contributed by atoms with Gasteiger partial charge in [-0.2, -0.15) is 0 Å². The molecule has 4 aromatic rings. The molecule has 0 bridgehead atoms. The number of nitrogens with zero attached hydrogens (tertiary/aromatic N) is 4. The van der Waals surface area contributed by atoms with Crippen LogP contribution in [0.1, 0.15) is 33.1 Å². The van der Waals surface area contributed by atoms with Crippen molar-refractivity contribution in [3.63, 3.8) is 0 Å². The molecule has 1 aliphatic rings. The number of piperazine rings is 1. The van der Waals surface area contributed by atoms with Crippen LogP contribution in [0.3, 0.4) is 0 Å². The van der Waals surface area contributed by atoms with E-state index in [-0.39, 0.29) is 5.91 Å². The van der Waals surface area contributed by atoms with Crippen LogP contribution in [0.25, 0.3) is 22.4 Å². The number of aromatic nitrogens is 2. The lowest BCUT2D eigenvalue weighted by Gasteiger charge is -2.32. The van der Waals surface area contributed by atoms with E-state index in [9.17, 15) is 4.79 Å². The van der Waals surface area contributed by atoms with Crippen molar-refractivity contribution in [1.29, 1.82) is 0 Å². The lowest BCUT2D eigenvalue weighted by atomic mass is 10.1. The maximum atomic E-state index is 13.3. The smallest absolute Gasteiger partial charge is 0.259 e. The molecule has 176 valence electrons. The zero-order valence-electron chi connectivity index (χ0n) is 20.0. The summed E-state index contributed by atoms with van der Waals surface area (Å²) in [7, 11) is 2.16. The van der Waals surface area contributed by atoms with Gasteiger partial charge in [-0.15, -0.1) is 0 Å². The monoisotopic (exact) mass is 459 g/mol. The molecule has 0 radical (unpaired) electrons. The quantitative estimate of drug-likeness (QED) is 0.473.